The lowest BCUT2D eigenvalue weighted by Gasteiger charge is -2.19. The second kappa shape index (κ2) is 24.7. The molecule has 7 aliphatic heterocycles. The molecule has 0 saturated carbocycles. The molecule has 19 nitrogen and oxygen atoms in total. The minimum atomic E-state index is 0.221. The van der Waals surface area contributed by atoms with Gasteiger partial charge in [-0.15, -0.1) is 5.10 Å². The summed E-state index contributed by atoms with van der Waals surface area (Å²) in [6.45, 7) is 1.59. The van der Waals surface area contributed by atoms with Crippen LogP contribution in [0, 0.1) is 0 Å². The number of nitrogens with two attached hydrogens (primary N) is 1. The van der Waals surface area contributed by atoms with Gasteiger partial charge >= 0.3 is 0 Å². The van der Waals surface area contributed by atoms with Gasteiger partial charge in [0.2, 0.25) is 28.7 Å². The number of rotatable bonds is 19. The van der Waals surface area contributed by atoms with Crippen molar-refractivity contribution in [3.8, 4) is 57.5 Å². The summed E-state index contributed by atoms with van der Waals surface area (Å²) in [4.78, 5) is 22.4. The largest absolute Gasteiger partial charge is 0.493 e. The van der Waals surface area contributed by atoms with Crippen molar-refractivity contribution in [3.05, 3.63) is 226 Å². The molecule has 8 bridgehead atoms. The molecule has 1 aromatic heterocycles. The molecule has 0 fully saturated rings. The van der Waals surface area contributed by atoms with Gasteiger partial charge in [-0.2, -0.15) is 0 Å². The fourth-order valence-electron chi connectivity index (χ4n) is 11.1. The Bertz CT molecular complexity index is 4040. The number of nitrogens with zero attached hydrogens (tertiary/aromatic N) is 7. The van der Waals surface area contributed by atoms with Crippen molar-refractivity contribution >= 4 is 45.1 Å². The summed E-state index contributed by atoms with van der Waals surface area (Å²) < 4.78 is 61.2. The maximum atomic E-state index is 6.36. The third kappa shape index (κ3) is 11.1. The predicted molar refractivity (Wildman–Crippen MR) is 334 cm³/mol. The van der Waals surface area contributed by atoms with Gasteiger partial charge in [0.05, 0.1) is 135 Å². The van der Waals surface area contributed by atoms with Crippen LogP contribution in [-0.4, -0.2) is 113 Å². The van der Waals surface area contributed by atoms with E-state index in [0.717, 1.165) is 45.8 Å². The number of hydrogen-bond donors (Lipinski definition) is 2. The van der Waals surface area contributed by atoms with Crippen LogP contribution in [-0.2, 0) is 13.2 Å². The van der Waals surface area contributed by atoms with Crippen LogP contribution < -0.4 is 57.7 Å². The van der Waals surface area contributed by atoms with Crippen LogP contribution in [0.25, 0.3) is 22.3 Å². The summed E-state index contributed by atoms with van der Waals surface area (Å²) in [5.74, 6) is 4.73. The Morgan fingerprint density at radius 1 is 0.437 bits per heavy atom. The fraction of sp³-hybridized carbons (Fsp3) is 0.176. The first kappa shape index (κ1) is 56.6. The van der Waals surface area contributed by atoms with Gasteiger partial charge < -0.3 is 52.3 Å². The van der Waals surface area contributed by atoms with E-state index in [1.54, 1.807) is 64.0 Å². The van der Waals surface area contributed by atoms with Gasteiger partial charge in [-0.3, -0.25) is 10.00 Å². The number of ether oxygens (including phenoxy) is 10. The zero-order valence-corrected chi connectivity index (χ0v) is 49.5. The topological polar surface area (TPSA) is 194 Å². The molecule has 438 valence electrons. The Labute approximate surface area is 503 Å². The summed E-state index contributed by atoms with van der Waals surface area (Å²) in [6.07, 6.45) is 34.7. The molecule has 0 atom stereocenters. The number of aliphatic imine (C=N–C) groups is 3. The maximum Gasteiger partial charge on any atom is 0.214 e. The molecule has 19 heteroatoms. The third-order valence-electron chi connectivity index (χ3n) is 15.2. The molecule has 0 spiro atoms. The number of nitrogens with one attached hydrogen (secondary N) is 1. The van der Waals surface area contributed by atoms with E-state index in [1.165, 1.54) is 5.57 Å². The van der Waals surface area contributed by atoms with Gasteiger partial charge in [0, 0.05) is 42.2 Å². The Morgan fingerprint density at radius 3 is 1.36 bits per heavy atom. The second-order valence-electron chi connectivity index (χ2n) is 20.2. The van der Waals surface area contributed by atoms with Gasteiger partial charge in [0.1, 0.15) is 18.1 Å². The summed E-state index contributed by atoms with van der Waals surface area (Å²) in [6, 6.07) is 19.4. The molecule has 5 aromatic rings. The van der Waals surface area contributed by atoms with Crippen molar-refractivity contribution in [3.63, 3.8) is 0 Å². The van der Waals surface area contributed by atoms with Crippen molar-refractivity contribution in [2.75, 3.05) is 70.5 Å². The Balaban J connectivity index is 0.976. The van der Waals surface area contributed by atoms with E-state index in [9.17, 15) is 0 Å². The van der Waals surface area contributed by atoms with Crippen LogP contribution in [0.2, 0.25) is 0 Å². The second-order valence-corrected chi connectivity index (χ2v) is 20.2. The van der Waals surface area contributed by atoms with Crippen LogP contribution in [0.5, 0.6) is 57.5 Å². The number of aromatic nitrogens is 3. The summed E-state index contributed by atoms with van der Waals surface area (Å²) in [5.41, 5.74) is 14.2. The number of methoxy groups -OCH3 is 9. The zero-order valence-electron chi connectivity index (χ0n) is 49.5. The minimum Gasteiger partial charge on any atom is -0.493 e. The highest BCUT2D eigenvalue weighted by Gasteiger charge is 2.33. The molecule has 87 heavy (non-hydrogen) atoms. The quantitative estimate of drug-likeness (QED) is 0.0804. The molecule has 0 radical (unpaired) electrons. The molecule has 7 aliphatic rings. The molecule has 0 aliphatic carbocycles. The Hall–Kier alpha value is -10.9. The highest BCUT2D eigenvalue weighted by molar-refractivity contribution is 6.38. The standard InChI is InChI=1S/C68H61N9O10/c1-78-56-32-43(33-57(79-2)66(56)84-7)63-50-16-14-48(70-50)62(42-10-12-47(13-11-42)87-39-46-38-77(75-74-46)31-30-76-28-24-41(25-29-76)40-22-26-69-27-23-40)49-15-17-51(71-49)64(44-34-58(80-3)67(85-8)59(35-44)81-4)53-19-21-55(73-53)65(54-20-18-52(63)72-54)45-36-60(82-5)68(86-9)61(37-45)83-6/h10-29,32-38,69H,30-31,39H2,1-9H3/p+2. The van der Waals surface area contributed by atoms with Crippen molar-refractivity contribution in [1.29, 1.82) is 0 Å². The first-order valence-electron chi connectivity index (χ1n) is 27.9. The van der Waals surface area contributed by atoms with Crippen molar-refractivity contribution in [2.45, 2.75) is 13.2 Å². The van der Waals surface area contributed by atoms with E-state index in [-0.39, 0.29) is 6.61 Å². The highest BCUT2D eigenvalue weighted by atomic mass is 16.5. The third-order valence-corrected chi connectivity index (χ3v) is 15.2. The van der Waals surface area contributed by atoms with Crippen molar-refractivity contribution in [2.24, 2.45) is 15.0 Å². The maximum absolute atomic E-state index is 6.36. The molecule has 12 rings (SSSR count). The van der Waals surface area contributed by atoms with E-state index in [2.05, 4.69) is 56.9 Å². The van der Waals surface area contributed by atoms with Crippen LogP contribution in [0.15, 0.2) is 213 Å². The lowest BCUT2D eigenvalue weighted by Crippen LogP contribution is -2.71. The SMILES string of the molecule is COc1cc(C2=C3C=CC(=N3)C(c3cc(OC)c(OC)c(OC)c3)=C3C=CC(=N3)C(c3ccc(OCc4cn(CCN5C=CC(=C6C=C[NH2+]C=C6)C=C5)nn4)cc3)=C3C=CC(=[NH+]3)C(c3cc(OC)c(OC)c(OC)c3)=C3C=CC2=N3)cc(OC)c1OC. The van der Waals surface area contributed by atoms with Gasteiger partial charge in [-0.25, -0.2) is 20.0 Å². The average molecular weight is 1170 g/mol. The van der Waals surface area contributed by atoms with Crippen LogP contribution in [0.3, 0.4) is 0 Å². The van der Waals surface area contributed by atoms with E-state index >= 15 is 0 Å². The molecule has 0 saturated heterocycles. The molecular formula is C68H63N9O10+2. The number of benzene rings is 4. The highest BCUT2D eigenvalue weighted by Crippen LogP contribution is 2.46. The van der Waals surface area contributed by atoms with Crippen LogP contribution >= 0.6 is 0 Å². The molecule has 0 unspecified atom stereocenters. The van der Waals surface area contributed by atoms with Gasteiger partial charge in [-0.05, 0) is 143 Å². The van der Waals surface area contributed by atoms with E-state index in [1.807, 2.05) is 138 Å². The number of hydrogen-bond acceptors (Lipinski definition) is 16. The fourth-order valence-corrected chi connectivity index (χ4v) is 11.1. The molecule has 4 aromatic carbocycles. The van der Waals surface area contributed by atoms with Crippen molar-refractivity contribution < 1.29 is 57.7 Å². The van der Waals surface area contributed by atoms with Crippen LogP contribution in [0.1, 0.15) is 27.9 Å². The number of quaternary nitrogens is 1. The minimum absolute atomic E-state index is 0.221. The monoisotopic (exact) mass is 1170 g/mol. The lowest BCUT2D eigenvalue weighted by molar-refractivity contribution is -0.515. The summed E-state index contributed by atoms with van der Waals surface area (Å²) in [5, 5.41) is 10.9. The van der Waals surface area contributed by atoms with Gasteiger partial charge in [0.25, 0.3) is 0 Å². The van der Waals surface area contributed by atoms with Gasteiger partial charge in [0.15, 0.2) is 34.5 Å². The van der Waals surface area contributed by atoms with Gasteiger partial charge in [-0.1, -0.05) is 17.3 Å². The number of fused-ring (bicyclic) bond motifs is 4. The Morgan fingerprint density at radius 2 is 0.885 bits per heavy atom. The summed E-state index contributed by atoms with van der Waals surface area (Å²) in [7, 11) is 14.3. The summed E-state index contributed by atoms with van der Waals surface area (Å²) >= 11 is 0. The smallest absolute Gasteiger partial charge is 0.214 e. The molecule has 8 heterocycles. The normalized spacial score (nSPS) is 16.3. The first-order chi connectivity index (χ1) is 42.7. The predicted octanol–water partition coefficient (Wildman–Crippen LogP) is 8.26. The van der Waals surface area contributed by atoms with Crippen LogP contribution in [0.4, 0.5) is 0 Å². The van der Waals surface area contributed by atoms with E-state index < -0.39 is 0 Å². The van der Waals surface area contributed by atoms with E-state index in [4.69, 9.17) is 62.3 Å². The molecule has 0 amide bonds. The van der Waals surface area contributed by atoms with E-state index in [0.29, 0.717) is 126 Å². The first-order valence-corrected chi connectivity index (χ1v) is 27.9. The Kier molecular flexibility index (Phi) is 16.1. The molecule has 3 N–H and O–H groups in total. The molecular weight excluding hydrogens is 1100 g/mol. The van der Waals surface area contributed by atoms with Crippen molar-refractivity contribution in [1.82, 2.24) is 19.9 Å². The zero-order chi connectivity index (χ0) is 60.1. The lowest BCUT2D eigenvalue weighted by atomic mass is 9.97. The number of allylic oxidation sites excluding steroid dienone is 18. The average Bonchev–Trinajstić information content (AvgIpc) is 1.94.